The Kier molecular flexibility index (Phi) is 6.08. The number of nitrogens with zero attached hydrogens (tertiary/aromatic N) is 2. The molecule has 2 N–H and O–H groups in total. The number of nitrogens with one attached hydrogen (secondary N) is 2. The lowest BCUT2D eigenvalue weighted by atomic mass is 10.4. The Bertz CT molecular complexity index is 671. The topological polar surface area (TPSA) is 108 Å². The second-order valence-electron chi connectivity index (χ2n) is 4.40. The summed E-state index contributed by atoms with van der Waals surface area (Å²) in [6.45, 7) is 2.19. The first-order valence-corrected chi connectivity index (χ1v) is 9.37. The molecule has 0 radical (unpaired) electrons. The molecule has 1 aromatic heterocycles. The number of aromatic nitrogens is 1. The third-order valence-corrected chi connectivity index (χ3v) is 5.97. The van der Waals surface area contributed by atoms with Crippen molar-refractivity contribution in [2.24, 2.45) is 0 Å². The van der Waals surface area contributed by atoms with E-state index in [0.717, 1.165) is 4.31 Å². The number of anilines is 1. The molecule has 0 saturated heterocycles. The summed E-state index contributed by atoms with van der Waals surface area (Å²) in [7, 11) is -4.47. The minimum atomic E-state index is -3.82. The third-order valence-electron chi connectivity index (χ3n) is 2.65. The first kappa shape index (κ1) is 17.8. The van der Waals surface area contributed by atoms with Gasteiger partial charge in [-0.15, -0.1) is 0 Å². The average molecular weight is 336 g/mol. The summed E-state index contributed by atoms with van der Waals surface area (Å²) < 4.78 is 50.9. The van der Waals surface area contributed by atoms with Gasteiger partial charge in [-0.3, -0.25) is 4.98 Å². The minimum Gasteiger partial charge on any atom is -0.384 e. The van der Waals surface area contributed by atoms with Gasteiger partial charge in [-0.05, 0) is 13.0 Å². The quantitative estimate of drug-likeness (QED) is 0.674. The fourth-order valence-corrected chi connectivity index (χ4v) is 3.51. The normalized spacial score (nSPS) is 12.6. The van der Waals surface area contributed by atoms with Gasteiger partial charge in [-0.2, -0.15) is 0 Å². The van der Waals surface area contributed by atoms with Crippen LogP contribution >= 0.6 is 0 Å². The molecule has 0 atom stereocenters. The molecule has 8 nitrogen and oxygen atoms in total. The van der Waals surface area contributed by atoms with Crippen LogP contribution in [0.5, 0.6) is 0 Å². The van der Waals surface area contributed by atoms with E-state index in [2.05, 4.69) is 15.0 Å². The monoisotopic (exact) mass is 336 g/mol. The first-order valence-electron chi connectivity index (χ1n) is 6.28. The van der Waals surface area contributed by atoms with Crippen molar-refractivity contribution >= 4 is 25.7 Å². The molecule has 0 amide bonds. The highest BCUT2D eigenvalue weighted by molar-refractivity contribution is 7.90. The van der Waals surface area contributed by atoms with Crippen LogP contribution < -0.4 is 10.0 Å². The largest absolute Gasteiger partial charge is 0.384 e. The van der Waals surface area contributed by atoms with Crippen molar-refractivity contribution in [1.29, 1.82) is 0 Å². The van der Waals surface area contributed by atoms with E-state index < -0.39 is 20.0 Å². The van der Waals surface area contributed by atoms with Gasteiger partial charge in [0.2, 0.25) is 20.0 Å². The number of pyridine rings is 1. The lowest BCUT2D eigenvalue weighted by Gasteiger charge is -2.13. The molecule has 0 aromatic carbocycles. The molecule has 0 unspecified atom stereocenters. The SMILES string of the molecule is CCNc1ccncc1S(=O)(=O)NCCS(=O)(=O)N(C)C. The van der Waals surface area contributed by atoms with Crippen molar-refractivity contribution in [3.63, 3.8) is 0 Å². The van der Waals surface area contributed by atoms with Crippen molar-refractivity contribution in [2.75, 3.05) is 38.3 Å². The molecular formula is C11H20N4O4S2. The molecule has 0 aliphatic rings. The van der Waals surface area contributed by atoms with E-state index in [1.54, 1.807) is 6.07 Å². The molecule has 0 aliphatic carbocycles. The van der Waals surface area contributed by atoms with Crippen molar-refractivity contribution in [1.82, 2.24) is 14.0 Å². The average Bonchev–Trinajstić information content (AvgIpc) is 2.39. The highest BCUT2D eigenvalue weighted by Gasteiger charge is 2.20. The van der Waals surface area contributed by atoms with E-state index in [1.807, 2.05) is 6.92 Å². The Hall–Kier alpha value is -1.23. The number of rotatable bonds is 8. The summed E-state index contributed by atoms with van der Waals surface area (Å²) in [6.07, 6.45) is 2.70. The van der Waals surface area contributed by atoms with Gasteiger partial charge < -0.3 is 5.32 Å². The van der Waals surface area contributed by atoms with Gasteiger partial charge in [-0.1, -0.05) is 0 Å². The van der Waals surface area contributed by atoms with Gasteiger partial charge in [0.05, 0.1) is 11.4 Å². The molecule has 10 heteroatoms. The molecule has 0 aliphatic heterocycles. The zero-order valence-corrected chi connectivity index (χ0v) is 13.8. The van der Waals surface area contributed by atoms with E-state index in [0.29, 0.717) is 12.2 Å². The van der Waals surface area contributed by atoms with Crippen LogP contribution in [0.2, 0.25) is 0 Å². The van der Waals surface area contributed by atoms with Crippen LogP contribution in [0, 0.1) is 0 Å². The van der Waals surface area contributed by atoms with E-state index >= 15 is 0 Å². The second kappa shape index (κ2) is 7.16. The van der Waals surface area contributed by atoms with Crippen LogP contribution in [0.15, 0.2) is 23.4 Å². The van der Waals surface area contributed by atoms with E-state index in [-0.39, 0.29) is 17.2 Å². The molecule has 0 saturated carbocycles. The molecule has 1 rings (SSSR count). The fourth-order valence-electron chi connectivity index (χ4n) is 1.50. The summed E-state index contributed by atoms with van der Waals surface area (Å²) in [5, 5.41) is 2.92. The van der Waals surface area contributed by atoms with Gasteiger partial charge in [0.15, 0.2) is 0 Å². The molecule has 0 spiro atoms. The van der Waals surface area contributed by atoms with Crippen LogP contribution in [-0.4, -0.2) is 59.1 Å². The minimum absolute atomic E-state index is 0.00546. The summed E-state index contributed by atoms with van der Waals surface area (Å²) in [6, 6.07) is 1.55. The molecule has 21 heavy (non-hydrogen) atoms. The Morgan fingerprint density at radius 1 is 1.24 bits per heavy atom. The van der Waals surface area contributed by atoms with E-state index in [1.165, 1.54) is 26.5 Å². The fraction of sp³-hybridized carbons (Fsp3) is 0.545. The van der Waals surface area contributed by atoms with Crippen molar-refractivity contribution < 1.29 is 16.8 Å². The zero-order chi connectivity index (χ0) is 16.1. The molecule has 1 aromatic rings. The maximum Gasteiger partial charge on any atom is 0.244 e. The maximum absolute atomic E-state index is 12.2. The Morgan fingerprint density at radius 3 is 2.48 bits per heavy atom. The predicted octanol–water partition coefficient (Wildman–Crippen LogP) is -0.317. The number of hydrogen-bond donors (Lipinski definition) is 2. The van der Waals surface area contributed by atoms with Crippen LogP contribution in [0.25, 0.3) is 0 Å². The van der Waals surface area contributed by atoms with Crippen molar-refractivity contribution in [3.05, 3.63) is 18.5 Å². The van der Waals surface area contributed by atoms with Crippen LogP contribution in [0.4, 0.5) is 5.69 Å². The molecule has 120 valence electrons. The Balaban J connectivity index is 2.84. The molecule has 0 fully saturated rings. The lowest BCUT2D eigenvalue weighted by Crippen LogP contribution is -2.34. The van der Waals surface area contributed by atoms with Crippen LogP contribution in [-0.2, 0) is 20.0 Å². The third kappa shape index (κ3) is 4.92. The smallest absolute Gasteiger partial charge is 0.244 e. The summed E-state index contributed by atoms with van der Waals surface area (Å²) in [4.78, 5) is 3.79. The van der Waals surface area contributed by atoms with Gasteiger partial charge >= 0.3 is 0 Å². The lowest BCUT2D eigenvalue weighted by molar-refractivity contribution is 0.519. The van der Waals surface area contributed by atoms with E-state index in [4.69, 9.17) is 0 Å². The van der Waals surface area contributed by atoms with Crippen LogP contribution in [0.1, 0.15) is 6.92 Å². The first-order chi connectivity index (χ1) is 9.70. The zero-order valence-electron chi connectivity index (χ0n) is 12.2. The standard InChI is InChI=1S/C11H20N4O4S2/c1-4-13-10-5-6-12-9-11(10)21(18,19)14-7-8-20(16,17)15(2)3/h5-6,9,14H,4,7-8H2,1-3H3,(H,12,13). The molecule has 0 bridgehead atoms. The summed E-state index contributed by atoms with van der Waals surface area (Å²) in [5.41, 5.74) is 0.426. The van der Waals surface area contributed by atoms with Crippen molar-refractivity contribution in [3.8, 4) is 0 Å². The summed E-state index contributed by atoms with van der Waals surface area (Å²) >= 11 is 0. The maximum atomic E-state index is 12.2. The predicted molar refractivity (Wildman–Crippen MR) is 81.1 cm³/mol. The number of hydrogen-bond acceptors (Lipinski definition) is 6. The van der Waals surface area contributed by atoms with Gasteiger partial charge in [0.25, 0.3) is 0 Å². The molecule has 1 heterocycles. The molecular weight excluding hydrogens is 316 g/mol. The van der Waals surface area contributed by atoms with Crippen LogP contribution in [0.3, 0.4) is 0 Å². The van der Waals surface area contributed by atoms with Gasteiger partial charge in [0.1, 0.15) is 4.90 Å². The van der Waals surface area contributed by atoms with Gasteiger partial charge in [0, 0.05) is 39.6 Å². The summed E-state index contributed by atoms with van der Waals surface area (Å²) in [5.74, 6) is -0.309. The van der Waals surface area contributed by atoms with E-state index in [9.17, 15) is 16.8 Å². The highest BCUT2D eigenvalue weighted by Crippen LogP contribution is 2.18. The van der Waals surface area contributed by atoms with Gasteiger partial charge in [-0.25, -0.2) is 25.9 Å². The Labute approximate surface area is 125 Å². The number of sulfonamides is 2. The highest BCUT2D eigenvalue weighted by atomic mass is 32.2. The Morgan fingerprint density at radius 2 is 1.90 bits per heavy atom. The van der Waals surface area contributed by atoms with Crippen molar-refractivity contribution in [2.45, 2.75) is 11.8 Å². The second-order valence-corrected chi connectivity index (χ2v) is 8.44.